The second kappa shape index (κ2) is 9.18. The summed E-state index contributed by atoms with van der Waals surface area (Å²) in [5.41, 5.74) is 4.39. The van der Waals surface area contributed by atoms with Gasteiger partial charge in [-0.05, 0) is 24.3 Å². The Bertz CT molecular complexity index is 1550. The molecule has 35 heavy (non-hydrogen) atoms. The largest absolute Gasteiger partial charge is 0.493 e. The lowest BCUT2D eigenvalue weighted by Crippen LogP contribution is -2.09. The molecule has 5 aromatic rings. The summed E-state index contributed by atoms with van der Waals surface area (Å²) in [6.07, 6.45) is 3.17. The van der Waals surface area contributed by atoms with E-state index >= 15 is 0 Å². The lowest BCUT2D eigenvalue weighted by molar-refractivity contribution is -0.114. The zero-order chi connectivity index (χ0) is 24.4. The van der Waals surface area contributed by atoms with Crippen LogP contribution in [-0.2, 0) is 4.79 Å². The van der Waals surface area contributed by atoms with Gasteiger partial charge in [-0.3, -0.25) is 10.1 Å². The minimum absolute atomic E-state index is 0.238. The van der Waals surface area contributed by atoms with Crippen molar-refractivity contribution in [2.45, 2.75) is 6.92 Å². The zero-order valence-electron chi connectivity index (χ0n) is 19.1. The molecule has 174 valence electrons. The Kier molecular flexibility index (Phi) is 5.76. The van der Waals surface area contributed by atoms with Gasteiger partial charge in [-0.2, -0.15) is 9.97 Å². The molecule has 1 amide bonds. The molecule has 0 aliphatic rings. The summed E-state index contributed by atoms with van der Waals surface area (Å²) >= 11 is 0. The van der Waals surface area contributed by atoms with E-state index in [0.29, 0.717) is 28.4 Å². The van der Waals surface area contributed by atoms with Gasteiger partial charge in [0, 0.05) is 29.8 Å². The van der Waals surface area contributed by atoms with Crippen molar-refractivity contribution >= 4 is 22.8 Å². The number of fused-ring (bicyclic) bond motifs is 1. The van der Waals surface area contributed by atoms with E-state index in [9.17, 15) is 4.79 Å². The lowest BCUT2D eigenvalue weighted by Gasteiger charge is -2.09. The summed E-state index contributed by atoms with van der Waals surface area (Å²) in [6.45, 7) is 1.41. The average Bonchev–Trinajstić information content (AvgIpc) is 3.31. The van der Waals surface area contributed by atoms with E-state index in [0.717, 1.165) is 22.1 Å². The van der Waals surface area contributed by atoms with Crippen molar-refractivity contribution in [3.8, 4) is 45.6 Å². The van der Waals surface area contributed by atoms with E-state index in [1.807, 2.05) is 42.5 Å². The Labute approximate surface area is 200 Å². The van der Waals surface area contributed by atoms with Crippen LogP contribution in [0.2, 0.25) is 0 Å². The molecule has 5 rings (SSSR count). The molecule has 3 heterocycles. The van der Waals surface area contributed by atoms with E-state index in [-0.39, 0.29) is 17.9 Å². The summed E-state index contributed by atoms with van der Waals surface area (Å²) in [6, 6.07) is 15.4. The highest BCUT2D eigenvalue weighted by molar-refractivity contribution is 5.95. The number of methoxy groups -OCH3 is 2. The Morgan fingerprint density at radius 3 is 2.60 bits per heavy atom. The third kappa shape index (κ3) is 4.36. The summed E-state index contributed by atoms with van der Waals surface area (Å²) in [5.74, 6) is 1.12. The number of amides is 1. The lowest BCUT2D eigenvalue weighted by atomic mass is 10.0. The van der Waals surface area contributed by atoms with Gasteiger partial charge in [-0.25, -0.2) is 9.97 Å². The first-order valence-corrected chi connectivity index (χ1v) is 10.6. The third-order valence-electron chi connectivity index (χ3n) is 5.25. The maximum atomic E-state index is 11.4. The number of anilines is 1. The van der Waals surface area contributed by atoms with Gasteiger partial charge in [0.05, 0.1) is 31.5 Å². The molecule has 0 aliphatic heterocycles. The standard InChI is InChI=1S/C25H20N6O4/c1-14(32)28-24-26-10-9-19(29-24)15-7-8-20-18(12-15)23(35-31-20)17-6-4-5-16(11-17)22-21(33-2)13-27-25(30-22)34-3/h4-13H,1-3H3,(H,26,28,29,32). The van der Waals surface area contributed by atoms with Crippen molar-refractivity contribution in [3.63, 3.8) is 0 Å². The molecule has 2 aromatic carbocycles. The van der Waals surface area contributed by atoms with E-state index in [1.165, 1.54) is 14.0 Å². The zero-order valence-corrected chi connectivity index (χ0v) is 19.1. The van der Waals surface area contributed by atoms with Gasteiger partial charge >= 0.3 is 6.01 Å². The molecular formula is C25H20N6O4. The summed E-state index contributed by atoms with van der Waals surface area (Å²) < 4.78 is 16.4. The van der Waals surface area contributed by atoms with Gasteiger partial charge in [-0.15, -0.1) is 0 Å². The molecular weight excluding hydrogens is 448 g/mol. The number of ether oxygens (including phenoxy) is 2. The second-order valence-electron chi connectivity index (χ2n) is 7.54. The number of hydrogen-bond donors (Lipinski definition) is 1. The van der Waals surface area contributed by atoms with Gasteiger partial charge in [0.2, 0.25) is 11.9 Å². The molecule has 1 N–H and O–H groups in total. The van der Waals surface area contributed by atoms with E-state index < -0.39 is 0 Å². The van der Waals surface area contributed by atoms with Crippen LogP contribution in [-0.4, -0.2) is 45.2 Å². The van der Waals surface area contributed by atoms with Crippen LogP contribution in [0.25, 0.3) is 44.7 Å². The first-order chi connectivity index (χ1) is 17.1. The maximum absolute atomic E-state index is 11.4. The summed E-state index contributed by atoms with van der Waals surface area (Å²) in [7, 11) is 3.07. The van der Waals surface area contributed by atoms with E-state index in [4.69, 9.17) is 14.0 Å². The van der Waals surface area contributed by atoms with E-state index in [2.05, 4.69) is 30.4 Å². The average molecular weight is 468 g/mol. The van der Waals surface area contributed by atoms with Crippen LogP contribution in [0.4, 0.5) is 5.95 Å². The molecule has 10 heteroatoms. The Morgan fingerprint density at radius 1 is 0.943 bits per heavy atom. The first-order valence-electron chi connectivity index (χ1n) is 10.6. The third-order valence-corrected chi connectivity index (χ3v) is 5.25. The van der Waals surface area contributed by atoms with Crippen molar-refractivity contribution in [2.75, 3.05) is 19.5 Å². The number of carbonyl (C=O) groups excluding carboxylic acids is 1. The SMILES string of the molecule is COc1ncc(OC)c(-c2cccc(-c3onc4ccc(-c5ccnc(NC(C)=O)n5)cc34)c2)n1. The van der Waals surface area contributed by atoms with Crippen LogP contribution < -0.4 is 14.8 Å². The Balaban J connectivity index is 1.58. The van der Waals surface area contributed by atoms with Crippen molar-refractivity contribution in [1.82, 2.24) is 25.1 Å². The number of nitrogens with zero attached hydrogens (tertiary/aromatic N) is 5. The fourth-order valence-electron chi connectivity index (χ4n) is 3.66. The molecule has 0 aliphatic carbocycles. The predicted octanol–water partition coefficient (Wildman–Crippen LogP) is 4.38. The Hall–Kier alpha value is -4.86. The highest BCUT2D eigenvalue weighted by atomic mass is 16.5. The smallest absolute Gasteiger partial charge is 0.316 e. The molecule has 0 radical (unpaired) electrons. The molecule has 0 atom stereocenters. The number of nitrogens with one attached hydrogen (secondary N) is 1. The van der Waals surface area contributed by atoms with Crippen molar-refractivity contribution in [1.29, 1.82) is 0 Å². The second-order valence-corrected chi connectivity index (χ2v) is 7.54. The fourth-order valence-corrected chi connectivity index (χ4v) is 3.66. The fraction of sp³-hybridized carbons (Fsp3) is 0.120. The molecule has 0 saturated carbocycles. The minimum atomic E-state index is -0.239. The van der Waals surface area contributed by atoms with E-state index in [1.54, 1.807) is 25.6 Å². The number of rotatable bonds is 6. The molecule has 0 spiro atoms. The molecule has 0 fully saturated rings. The highest BCUT2D eigenvalue weighted by Crippen LogP contribution is 2.35. The van der Waals surface area contributed by atoms with Gasteiger partial charge in [0.15, 0.2) is 11.5 Å². The number of aromatic nitrogens is 5. The predicted molar refractivity (Wildman–Crippen MR) is 129 cm³/mol. The topological polar surface area (TPSA) is 125 Å². The van der Waals surface area contributed by atoms with Crippen LogP contribution in [0.3, 0.4) is 0 Å². The van der Waals surface area contributed by atoms with Crippen molar-refractivity contribution in [2.24, 2.45) is 0 Å². The monoisotopic (exact) mass is 468 g/mol. The van der Waals surface area contributed by atoms with Crippen LogP contribution in [0.5, 0.6) is 11.8 Å². The van der Waals surface area contributed by atoms with Crippen molar-refractivity contribution < 1.29 is 18.8 Å². The first kappa shape index (κ1) is 22.0. The molecule has 10 nitrogen and oxygen atoms in total. The summed E-state index contributed by atoms with van der Waals surface area (Å²) in [4.78, 5) is 28.4. The van der Waals surface area contributed by atoms with Gasteiger partial charge < -0.3 is 14.0 Å². The minimum Gasteiger partial charge on any atom is -0.493 e. The molecule has 0 saturated heterocycles. The van der Waals surface area contributed by atoms with Crippen LogP contribution in [0.1, 0.15) is 6.92 Å². The number of benzene rings is 2. The van der Waals surface area contributed by atoms with Gasteiger partial charge in [0.1, 0.15) is 11.2 Å². The molecule has 0 unspecified atom stereocenters. The number of hydrogen-bond acceptors (Lipinski definition) is 9. The van der Waals surface area contributed by atoms with Crippen LogP contribution >= 0.6 is 0 Å². The maximum Gasteiger partial charge on any atom is 0.316 e. The number of carbonyl (C=O) groups is 1. The highest BCUT2D eigenvalue weighted by Gasteiger charge is 2.16. The van der Waals surface area contributed by atoms with Gasteiger partial charge in [-0.1, -0.05) is 29.4 Å². The summed E-state index contributed by atoms with van der Waals surface area (Å²) in [5, 5.41) is 7.63. The quantitative estimate of drug-likeness (QED) is 0.386. The van der Waals surface area contributed by atoms with Crippen LogP contribution in [0, 0.1) is 0 Å². The Morgan fingerprint density at radius 2 is 1.80 bits per heavy atom. The van der Waals surface area contributed by atoms with Gasteiger partial charge in [0.25, 0.3) is 0 Å². The van der Waals surface area contributed by atoms with Crippen molar-refractivity contribution in [3.05, 3.63) is 60.9 Å². The molecule has 3 aromatic heterocycles. The molecule has 0 bridgehead atoms. The van der Waals surface area contributed by atoms with Crippen LogP contribution in [0.15, 0.2) is 65.4 Å². The normalized spacial score (nSPS) is 10.8.